The Bertz CT molecular complexity index is 1330. The molecule has 204 valence electrons. The number of aromatic nitrogens is 3. The molecule has 1 aromatic carbocycles. The van der Waals surface area contributed by atoms with Crippen molar-refractivity contribution in [2.45, 2.75) is 45.3 Å². The van der Waals surface area contributed by atoms with E-state index >= 15 is 0 Å². The molecule has 2 aromatic heterocycles. The monoisotopic (exact) mass is 555 g/mol. The standard InChI is InChI=1S/C25H26F5N5O2S/c1-13-6-5-7-16(8-13)20-19(33-15(3)38-20)22(36)35-12-24(26,27)9-14(2)18(35)11-32-23-31-10-17(25(28,29)30)21(34-23)37-4/h5-8,10,14,18H,9,11-12H2,1-4H3,(H,31,32,34). The minimum atomic E-state index is -4.71. The lowest BCUT2D eigenvalue weighted by Crippen LogP contribution is -2.57. The van der Waals surface area contributed by atoms with Crippen LogP contribution in [-0.4, -0.2) is 57.9 Å². The third-order valence-corrected chi connectivity index (χ3v) is 7.30. The molecule has 0 saturated carbocycles. The van der Waals surface area contributed by atoms with Crippen LogP contribution >= 0.6 is 11.3 Å². The molecule has 13 heteroatoms. The van der Waals surface area contributed by atoms with Crippen molar-refractivity contribution in [2.75, 3.05) is 25.5 Å². The normalized spacial score (nSPS) is 19.3. The summed E-state index contributed by atoms with van der Waals surface area (Å²) in [6, 6.07) is 6.75. The van der Waals surface area contributed by atoms with Gasteiger partial charge in [-0.15, -0.1) is 11.3 Å². The molecule has 0 radical (unpaired) electrons. The summed E-state index contributed by atoms with van der Waals surface area (Å²) >= 11 is 1.30. The summed E-state index contributed by atoms with van der Waals surface area (Å²) in [5.74, 6) is -5.26. The molecular weight excluding hydrogens is 529 g/mol. The van der Waals surface area contributed by atoms with Crippen molar-refractivity contribution in [3.8, 4) is 16.3 Å². The van der Waals surface area contributed by atoms with Crippen LogP contribution in [0.2, 0.25) is 0 Å². The van der Waals surface area contributed by atoms with Gasteiger partial charge in [-0.2, -0.15) is 18.2 Å². The first-order valence-electron chi connectivity index (χ1n) is 11.7. The SMILES string of the molecule is COc1nc(NCC2C(C)CC(F)(F)CN2C(=O)c2nc(C)sc2-c2cccc(C)c2)ncc1C(F)(F)F. The predicted molar refractivity (Wildman–Crippen MR) is 133 cm³/mol. The third kappa shape index (κ3) is 5.87. The zero-order valence-corrected chi connectivity index (χ0v) is 21.9. The molecule has 4 rings (SSSR count). The van der Waals surface area contributed by atoms with Gasteiger partial charge >= 0.3 is 6.18 Å². The molecule has 1 N–H and O–H groups in total. The van der Waals surface area contributed by atoms with E-state index in [0.717, 1.165) is 23.1 Å². The molecule has 1 aliphatic heterocycles. The second-order valence-corrected chi connectivity index (χ2v) is 10.5. The van der Waals surface area contributed by atoms with Gasteiger partial charge in [0.15, 0.2) is 0 Å². The van der Waals surface area contributed by atoms with Gasteiger partial charge in [-0.1, -0.05) is 36.8 Å². The zero-order chi connectivity index (χ0) is 27.8. The molecule has 2 atom stereocenters. The summed E-state index contributed by atoms with van der Waals surface area (Å²) in [5.41, 5.74) is 0.672. The van der Waals surface area contributed by atoms with Crippen LogP contribution in [0.25, 0.3) is 10.4 Å². The van der Waals surface area contributed by atoms with Crippen molar-refractivity contribution < 1.29 is 31.5 Å². The number of likely N-dealkylation sites (tertiary alicyclic amines) is 1. The number of halogens is 5. The highest BCUT2D eigenvalue weighted by Gasteiger charge is 2.47. The van der Waals surface area contributed by atoms with E-state index in [1.54, 1.807) is 13.8 Å². The van der Waals surface area contributed by atoms with Crippen molar-refractivity contribution in [3.05, 3.63) is 52.3 Å². The summed E-state index contributed by atoms with van der Waals surface area (Å²) in [4.78, 5) is 27.3. The van der Waals surface area contributed by atoms with Gasteiger partial charge in [-0.3, -0.25) is 4.79 Å². The van der Waals surface area contributed by atoms with Gasteiger partial charge in [0.1, 0.15) is 11.3 Å². The van der Waals surface area contributed by atoms with E-state index in [1.807, 2.05) is 31.2 Å². The summed E-state index contributed by atoms with van der Waals surface area (Å²) in [7, 11) is 1.05. The lowest BCUT2D eigenvalue weighted by atomic mass is 9.88. The molecule has 3 aromatic rings. The number of aryl methyl sites for hydroxylation is 2. The van der Waals surface area contributed by atoms with E-state index in [4.69, 9.17) is 4.74 Å². The quantitative estimate of drug-likeness (QED) is 0.385. The number of thiazole rings is 1. The number of piperidine rings is 1. The van der Waals surface area contributed by atoms with Crippen molar-refractivity contribution >= 4 is 23.2 Å². The lowest BCUT2D eigenvalue weighted by Gasteiger charge is -2.43. The Labute approximate surface area is 220 Å². The fourth-order valence-electron chi connectivity index (χ4n) is 4.57. The van der Waals surface area contributed by atoms with E-state index in [-0.39, 0.29) is 18.2 Å². The number of ether oxygens (including phenoxy) is 1. The van der Waals surface area contributed by atoms with Crippen LogP contribution in [-0.2, 0) is 6.18 Å². The molecule has 0 spiro atoms. The second-order valence-electron chi connectivity index (χ2n) is 9.31. The maximum Gasteiger partial charge on any atom is 0.423 e. The Morgan fingerprint density at radius 2 is 2.00 bits per heavy atom. The Hall–Kier alpha value is -3.35. The summed E-state index contributed by atoms with van der Waals surface area (Å²) in [5, 5.41) is 3.41. The molecule has 2 unspecified atom stereocenters. The number of alkyl halides is 5. The Balaban J connectivity index is 1.63. The number of methoxy groups -OCH3 is 1. The first-order valence-corrected chi connectivity index (χ1v) is 12.6. The largest absolute Gasteiger partial charge is 0.480 e. The van der Waals surface area contributed by atoms with E-state index in [9.17, 15) is 26.7 Å². The van der Waals surface area contributed by atoms with Gasteiger partial charge in [0.2, 0.25) is 11.8 Å². The molecule has 0 bridgehead atoms. The minimum absolute atomic E-state index is 0.0690. The van der Waals surface area contributed by atoms with E-state index in [1.165, 1.54) is 11.3 Å². The average molecular weight is 556 g/mol. The van der Waals surface area contributed by atoms with Gasteiger partial charge in [-0.05, 0) is 25.3 Å². The maximum atomic E-state index is 14.7. The van der Waals surface area contributed by atoms with Crippen LogP contribution in [0.15, 0.2) is 30.5 Å². The summed E-state index contributed by atoms with van der Waals surface area (Å²) in [6.45, 7) is 4.36. The number of rotatable bonds is 6. The van der Waals surface area contributed by atoms with Crippen LogP contribution in [0.3, 0.4) is 0 Å². The van der Waals surface area contributed by atoms with E-state index in [0.29, 0.717) is 16.1 Å². The number of amides is 1. The molecule has 38 heavy (non-hydrogen) atoms. The average Bonchev–Trinajstić information content (AvgIpc) is 3.23. The zero-order valence-electron chi connectivity index (χ0n) is 21.1. The molecule has 1 aliphatic rings. The second kappa shape index (κ2) is 10.4. The molecule has 1 saturated heterocycles. The van der Waals surface area contributed by atoms with Gasteiger partial charge in [0.05, 0.1) is 29.6 Å². The summed E-state index contributed by atoms with van der Waals surface area (Å²) in [6.07, 6.45) is -4.58. The lowest BCUT2D eigenvalue weighted by molar-refractivity contribution is -0.139. The maximum absolute atomic E-state index is 14.7. The van der Waals surface area contributed by atoms with Gasteiger partial charge in [0, 0.05) is 19.2 Å². The summed E-state index contributed by atoms with van der Waals surface area (Å²) < 4.78 is 73.5. The van der Waals surface area contributed by atoms with Crippen LogP contribution in [0.5, 0.6) is 5.88 Å². The highest BCUT2D eigenvalue weighted by atomic mass is 32.1. The number of nitrogens with zero attached hydrogens (tertiary/aromatic N) is 4. The number of hydrogen-bond donors (Lipinski definition) is 1. The minimum Gasteiger partial charge on any atom is -0.480 e. The van der Waals surface area contributed by atoms with Crippen LogP contribution in [0.4, 0.5) is 27.9 Å². The predicted octanol–water partition coefficient (Wildman–Crippen LogP) is 5.84. The molecule has 7 nitrogen and oxygen atoms in total. The molecular formula is C25H26F5N5O2S. The first kappa shape index (κ1) is 27.7. The molecule has 0 aliphatic carbocycles. The van der Waals surface area contributed by atoms with Crippen LogP contribution in [0.1, 0.15) is 40.0 Å². The number of hydrogen-bond acceptors (Lipinski definition) is 7. The van der Waals surface area contributed by atoms with Crippen molar-refractivity contribution in [2.24, 2.45) is 5.92 Å². The highest BCUT2D eigenvalue weighted by molar-refractivity contribution is 7.15. The Kier molecular flexibility index (Phi) is 7.60. The number of carbonyl (C=O) groups is 1. The fourth-order valence-corrected chi connectivity index (χ4v) is 5.47. The number of anilines is 1. The van der Waals surface area contributed by atoms with Gasteiger partial charge < -0.3 is 15.0 Å². The highest BCUT2D eigenvalue weighted by Crippen LogP contribution is 2.38. The smallest absolute Gasteiger partial charge is 0.423 e. The topological polar surface area (TPSA) is 80.2 Å². The number of carbonyl (C=O) groups excluding carboxylic acids is 1. The molecule has 1 fully saturated rings. The van der Waals surface area contributed by atoms with Crippen molar-refractivity contribution in [3.63, 3.8) is 0 Å². The Morgan fingerprint density at radius 1 is 1.26 bits per heavy atom. The first-order chi connectivity index (χ1) is 17.8. The third-order valence-electron chi connectivity index (χ3n) is 6.28. The van der Waals surface area contributed by atoms with Crippen molar-refractivity contribution in [1.29, 1.82) is 0 Å². The van der Waals surface area contributed by atoms with E-state index in [2.05, 4.69) is 20.3 Å². The van der Waals surface area contributed by atoms with Crippen molar-refractivity contribution in [1.82, 2.24) is 19.9 Å². The molecule has 3 heterocycles. The molecule has 1 amide bonds. The fraction of sp³-hybridized carbons (Fsp3) is 0.440. The van der Waals surface area contributed by atoms with Crippen LogP contribution in [0, 0.1) is 19.8 Å². The van der Waals surface area contributed by atoms with Crippen LogP contribution < -0.4 is 10.1 Å². The van der Waals surface area contributed by atoms with E-state index < -0.39 is 54.4 Å². The van der Waals surface area contributed by atoms with Gasteiger partial charge in [0.25, 0.3) is 11.8 Å². The number of benzene rings is 1. The Morgan fingerprint density at radius 3 is 2.66 bits per heavy atom. The number of nitrogens with one attached hydrogen (secondary N) is 1. The van der Waals surface area contributed by atoms with Gasteiger partial charge in [-0.25, -0.2) is 18.7 Å².